The molecule has 0 unspecified atom stereocenters. The molecule has 2 aliphatic heterocycles. The van der Waals surface area contributed by atoms with Gasteiger partial charge in [0.05, 0.1) is 0 Å². The van der Waals surface area contributed by atoms with E-state index >= 15 is 0 Å². The van der Waals surface area contributed by atoms with Crippen molar-refractivity contribution in [2.75, 3.05) is 14.1 Å². The van der Waals surface area contributed by atoms with Crippen molar-refractivity contribution < 1.29 is 24.1 Å². The minimum Gasteiger partial charge on any atom is -0.860 e. The first kappa shape index (κ1) is 23.1. The van der Waals surface area contributed by atoms with Crippen LogP contribution < -0.4 is 20.9 Å². The topological polar surface area (TPSA) is 142 Å². The third kappa shape index (κ3) is 2.66. The normalized spacial score (nSPS) is 20.8. The summed E-state index contributed by atoms with van der Waals surface area (Å²) in [5.41, 5.74) is -3.69. The average molecular weight is 490 g/mol. The molecule has 3 aromatic rings. The van der Waals surface area contributed by atoms with E-state index in [0.29, 0.717) is 11.4 Å². The van der Waals surface area contributed by atoms with Crippen molar-refractivity contribution >= 4 is 17.8 Å². The van der Waals surface area contributed by atoms with Gasteiger partial charge < -0.3 is 9.67 Å². The van der Waals surface area contributed by atoms with Gasteiger partial charge in [0.15, 0.2) is 11.9 Å². The van der Waals surface area contributed by atoms with E-state index in [2.05, 4.69) is 4.98 Å². The van der Waals surface area contributed by atoms with Gasteiger partial charge in [-0.25, -0.2) is 9.59 Å². The van der Waals surface area contributed by atoms with Crippen LogP contribution in [0, 0.1) is 5.41 Å². The van der Waals surface area contributed by atoms with Crippen molar-refractivity contribution in [3.8, 4) is 5.88 Å². The Kier molecular flexibility index (Phi) is 4.95. The second-order valence-corrected chi connectivity index (χ2v) is 8.93. The van der Waals surface area contributed by atoms with Crippen LogP contribution in [-0.2, 0) is 23.7 Å². The number of hydrogen-bond acceptors (Lipinski definition) is 7. The zero-order chi connectivity index (χ0) is 26.1. The molecule has 1 saturated heterocycles. The monoisotopic (exact) mass is 490 g/mol. The molecular weight excluding hydrogens is 468 g/mol. The Bertz CT molecular complexity index is 1550. The summed E-state index contributed by atoms with van der Waals surface area (Å²) >= 11 is 0. The van der Waals surface area contributed by atoms with Crippen LogP contribution in [0.1, 0.15) is 28.9 Å². The molecule has 5 rings (SSSR count). The molecule has 0 aromatic carbocycles. The third-order valence-corrected chi connectivity index (χ3v) is 7.17. The van der Waals surface area contributed by atoms with Crippen molar-refractivity contribution in [1.29, 1.82) is 0 Å². The summed E-state index contributed by atoms with van der Waals surface area (Å²) in [5.74, 6) is -4.10. The van der Waals surface area contributed by atoms with E-state index < -0.39 is 57.9 Å². The lowest BCUT2D eigenvalue weighted by atomic mass is 9.65. The highest BCUT2D eigenvalue weighted by atomic mass is 16.3. The minimum absolute atomic E-state index is 0.318. The summed E-state index contributed by atoms with van der Waals surface area (Å²) in [6.07, 6.45) is 3.13. The number of rotatable bonds is 2. The quantitative estimate of drug-likeness (QED) is 0.318. The number of urea groups is 1. The first-order valence-corrected chi connectivity index (χ1v) is 11.0. The highest BCUT2D eigenvalue weighted by Gasteiger charge is 2.74. The van der Waals surface area contributed by atoms with Crippen molar-refractivity contribution in [3.05, 3.63) is 86.6 Å². The SMILES string of the molecule is CN1C(=O)N(C)C(=O)C2(C1=O)[C@H](c1c([O-])n(C)c(=O)n(C)c1=O)c1cccc[n+]1[C@H]2c1ccccn1. The fourth-order valence-corrected chi connectivity index (χ4v) is 5.47. The lowest BCUT2D eigenvalue weighted by Crippen LogP contribution is -2.67. The predicted octanol–water partition coefficient (Wildman–Crippen LogP) is -1.39. The van der Waals surface area contributed by atoms with Gasteiger partial charge in [-0.3, -0.25) is 33.7 Å². The molecule has 0 bridgehead atoms. The van der Waals surface area contributed by atoms with Crippen LogP contribution in [0.25, 0.3) is 0 Å². The predicted molar refractivity (Wildman–Crippen MR) is 121 cm³/mol. The number of imide groups is 2. The molecule has 36 heavy (non-hydrogen) atoms. The van der Waals surface area contributed by atoms with Gasteiger partial charge in [-0.2, -0.15) is 4.57 Å². The van der Waals surface area contributed by atoms with E-state index in [0.717, 1.165) is 18.9 Å². The molecule has 2 aliphatic rings. The number of nitrogens with zero attached hydrogens (tertiary/aromatic N) is 6. The second-order valence-electron chi connectivity index (χ2n) is 8.93. The lowest BCUT2D eigenvalue weighted by molar-refractivity contribution is -0.713. The van der Waals surface area contributed by atoms with Gasteiger partial charge in [-0.15, -0.1) is 0 Å². The first-order chi connectivity index (χ1) is 17.1. The number of aromatic nitrogens is 4. The molecule has 0 saturated carbocycles. The van der Waals surface area contributed by atoms with Crippen LogP contribution in [0.4, 0.5) is 4.79 Å². The van der Waals surface area contributed by atoms with Crippen LogP contribution in [0.2, 0.25) is 0 Å². The number of fused-ring (bicyclic) bond motifs is 1. The van der Waals surface area contributed by atoms with E-state index in [1.807, 2.05) is 0 Å². The van der Waals surface area contributed by atoms with Crippen molar-refractivity contribution in [2.45, 2.75) is 12.0 Å². The van der Waals surface area contributed by atoms with Gasteiger partial charge in [0.2, 0.25) is 11.5 Å². The Balaban J connectivity index is 1.99. The Labute approximate surface area is 204 Å². The number of barbiturate groups is 1. The molecule has 1 fully saturated rings. The summed E-state index contributed by atoms with van der Waals surface area (Å²) in [4.78, 5) is 73.0. The Morgan fingerprint density at radius 2 is 1.53 bits per heavy atom. The summed E-state index contributed by atoms with van der Waals surface area (Å²) in [6.45, 7) is 0. The van der Waals surface area contributed by atoms with Crippen molar-refractivity contribution in [1.82, 2.24) is 23.9 Å². The zero-order valence-corrected chi connectivity index (χ0v) is 19.9. The second kappa shape index (κ2) is 7.70. The highest BCUT2D eigenvalue weighted by molar-refractivity contribution is 6.20. The van der Waals surface area contributed by atoms with Gasteiger partial charge >= 0.3 is 11.7 Å². The molecule has 0 N–H and O–H groups in total. The van der Waals surface area contributed by atoms with E-state index in [4.69, 9.17) is 0 Å². The number of pyridine rings is 2. The van der Waals surface area contributed by atoms with E-state index in [9.17, 15) is 29.1 Å². The fourth-order valence-electron chi connectivity index (χ4n) is 5.47. The van der Waals surface area contributed by atoms with Crippen LogP contribution in [-0.4, -0.2) is 55.9 Å². The molecule has 5 heterocycles. The molecule has 0 aliphatic carbocycles. The van der Waals surface area contributed by atoms with E-state index in [1.54, 1.807) is 47.2 Å². The maximum atomic E-state index is 14.1. The number of hydrogen-bond donors (Lipinski definition) is 0. The maximum absolute atomic E-state index is 14.1. The average Bonchev–Trinajstić information content (AvgIpc) is 3.20. The van der Waals surface area contributed by atoms with Crippen molar-refractivity contribution in [2.24, 2.45) is 19.5 Å². The van der Waals surface area contributed by atoms with E-state index in [-0.39, 0.29) is 0 Å². The van der Waals surface area contributed by atoms with Gasteiger partial charge in [0.25, 0.3) is 17.4 Å². The molecule has 184 valence electrons. The number of amides is 4. The molecule has 2 atom stereocenters. The van der Waals surface area contributed by atoms with Crippen LogP contribution in [0.3, 0.4) is 0 Å². The third-order valence-electron chi connectivity index (χ3n) is 7.17. The Morgan fingerprint density at radius 3 is 2.14 bits per heavy atom. The summed E-state index contributed by atoms with van der Waals surface area (Å²) in [7, 11) is 4.92. The number of carbonyl (C=O) groups excluding carboxylic acids is 3. The molecule has 1 spiro atoms. The largest absolute Gasteiger partial charge is 0.860 e. The van der Waals surface area contributed by atoms with Gasteiger partial charge in [-0.1, -0.05) is 12.1 Å². The van der Waals surface area contributed by atoms with Gasteiger partial charge in [-0.05, 0) is 18.0 Å². The molecule has 4 amide bonds. The summed E-state index contributed by atoms with van der Waals surface area (Å²) in [5, 5.41) is 13.5. The smallest absolute Gasteiger partial charge is 0.332 e. The van der Waals surface area contributed by atoms with Crippen LogP contribution >= 0.6 is 0 Å². The molecule has 3 aromatic heterocycles. The van der Waals surface area contributed by atoms with Gasteiger partial charge in [0, 0.05) is 52.1 Å². The number of carbonyl (C=O) groups is 3. The standard InChI is InChI=1S/C24H22N6O6/c1-26-18(31)15(19(32)27(2)22(26)35)16-14-10-6-8-12-30(14)17(13-9-5-7-11-25-13)24(16)20(33)28(3)23(36)29(4)21(24)34/h5-12,16-17H,1-4H3/t16-,17-/m0/s1. The van der Waals surface area contributed by atoms with E-state index in [1.165, 1.54) is 34.4 Å². The van der Waals surface area contributed by atoms with Crippen LogP contribution in [0.5, 0.6) is 5.88 Å². The molecule has 0 radical (unpaired) electrons. The minimum atomic E-state index is -2.15. The zero-order valence-electron chi connectivity index (χ0n) is 19.9. The highest BCUT2D eigenvalue weighted by Crippen LogP contribution is 2.56. The van der Waals surface area contributed by atoms with Crippen molar-refractivity contribution in [3.63, 3.8) is 0 Å². The molecule has 12 nitrogen and oxygen atoms in total. The lowest BCUT2D eigenvalue weighted by Gasteiger charge is -2.42. The maximum Gasteiger partial charge on any atom is 0.332 e. The Hall–Kier alpha value is -4.61. The summed E-state index contributed by atoms with van der Waals surface area (Å²) < 4.78 is 3.16. The Morgan fingerprint density at radius 1 is 0.889 bits per heavy atom. The summed E-state index contributed by atoms with van der Waals surface area (Å²) in [6, 6.07) is 7.99. The molecule has 12 heteroatoms. The fraction of sp³-hybridized carbons (Fsp3) is 0.292. The molecular formula is C24H22N6O6. The van der Waals surface area contributed by atoms with Gasteiger partial charge in [0.1, 0.15) is 11.6 Å². The first-order valence-electron chi connectivity index (χ1n) is 11.0. The van der Waals surface area contributed by atoms with Crippen LogP contribution in [0.15, 0.2) is 58.4 Å².